The second-order valence-electron chi connectivity index (χ2n) is 7.29. The van der Waals surface area contributed by atoms with E-state index in [4.69, 9.17) is 4.74 Å². The molecule has 1 saturated heterocycles. The van der Waals surface area contributed by atoms with Crippen molar-refractivity contribution in [3.63, 3.8) is 0 Å². The number of rotatable bonds is 3. The van der Waals surface area contributed by atoms with Crippen molar-refractivity contribution in [2.45, 2.75) is 59.2 Å². The van der Waals surface area contributed by atoms with Crippen LogP contribution >= 0.6 is 0 Å². The van der Waals surface area contributed by atoms with Crippen LogP contribution in [0.15, 0.2) is 18.2 Å². The van der Waals surface area contributed by atoms with Crippen molar-refractivity contribution in [1.29, 1.82) is 0 Å². The van der Waals surface area contributed by atoms with Gasteiger partial charge >= 0.3 is 0 Å². The van der Waals surface area contributed by atoms with E-state index in [1.807, 2.05) is 0 Å². The summed E-state index contributed by atoms with van der Waals surface area (Å²) >= 11 is 0. The lowest BCUT2D eigenvalue weighted by molar-refractivity contribution is -0.115. The van der Waals surface area contributed by atoms with Gasteiger partial charge in [-0.3, -0.25) is 0 Å². The zero-order chi connectivity index (χ0) is 14.5. The molecule has 4 unspecified atom stereocenters. The van der Waals surface area contributed by atoms with Gasteiger partial charge in [-0.25, -0.2) is 0 Å². The number of fused-ring (bicyclic) bond motifs is 1. The van der Waals surface area contributed by atoms with E-state index in [0.29, 0.717) is 24.1 Å². The molecule has 110 valence electrons. The molecule has 0 spiro atoms. The van der Waals surface area contributed by atoms with Crippen molar-refractivity contribution < 1.29 is 4.74 Å². The Morgan fingerprint density at radius 2 is 2.05 bits per heavy atom. The molecule has 2 heteroatoms. The van der Waals surface area contributed by atoms with E-state index in [0.717, 1.165) is 6.61 Å². The van der Waals surface area contributed by atoms with Crippen molar-refractivity contribution in [2.75, 3.05) is 6.61 Å². The summed E-state index contributed by atoms with van der Waals surface area (Å²) in [7, 11) is 0. The molecule has 1 aromatic rings. The lowest BCUT2D eigenvalue weighted by atomic mass is 9.57. The first-order valence-electron chi connectivity index (χ1n) is 7.86. The second kappa shape index (κ2) is 4.85. The van der Waals surface area contributed by atoms with Gasteiger partial charge in [0, 0.05) is 30.0 Å². The van der Waals surface area contributed by atoms with Crippen LogP contribution in [0, 0.1) is 25.2 Å². The average molecular weight is 273 g/mol. The molecule has 0 radical (unpaired) electrons. The van der Waals surface area contributed by atoms with Crippen LogP contribution < -0.4 is 5.32 Å². The van der Waals surface area contributed by atoms with Crippen molar-refractivity contribution in [3.05, 3.63) is 34.9 Å². The predicted molar refractivity (Wildman–Crippen MR) is 82.9 cm³/mol. The molecule has 4 atom stereocenters. The van der Waals surface area contributed by atoms with E-state index >= 15 is 0 Å². The molecule has 1 aliphatic heterocycles. The van der Waals surface area contributed by atoms with E-state index in [1.54, 1.807) is 0 Å². The molecule has 20 heavy (non-hydrogen) atoms. The summed E-state index contributed by atoms with van der Waals surface area (Å²) in [6.45, 7) is 12.3. The van der Waals surface area contributed by atoms with Gasteiger partial charge in [-0.05, 0) is 38.3 Å². The van der Waals surface area contributed by atoms with Crippen LogP contribution in [0.3, 0.4) is 0 Å². The number of hydrogen-bond donors (Lipinski definition) is 1. The number of ether oxygens (including phenoxy) is 1. The summed E-state index contributed by atoms with van der Waals surface area (Å²) in [6.07, 6.45) is 1.68. The Balaban J connectivity index is 1.74. The van der Waals surface area contributed by atoms with E-state index in [9.17, 15) is 0 Å². The summed E-state index contributed by atoms with van der Waals surface area (Å²) in [5, 5.41) is 3.87. The minimum atomic E-state index is 0.258. The summed E-state index contributed by atoms with van der Waals surface area (Å²) in [5.41, 5.74) is 4.41. The first-order chi connectivity index (χ1) is 9.41. The third-order valence-electron chi connectivity index (χ3n) is 5.42. The molecule has 1 N–H and O–H groups in total. The van der Waals surface area contributed by atoms with Crippen molar-refractivity contribution >= 4 is 0 Å². The Kier molecular flexibility index (Phi) is 3.42. The number of nitrogens with one attached hydrogen (secondary N) is 1. The normalized spacial score (nSPS) is 32.5. The molecule has 0 bridgehead atoms. The maximum absolute atomic E-state index is 5.88. The minimum Gasteiger partial charge on any atom is -0.377 e. The summed E-state index contributed by atoms with van der Waals surface area (Å²) in [4.78, 5) is 0. The molecular weight excluding hydrogens is 246 g/mol. The Morgan fingerprint density at radius 1 is 1.30 bits per heavy atom. The number of hydrogen-bond acceptors (Lipinski definition) is 2. The first kappa shape index (κ1) is 14.1. The lowest BCUT2D eigenvalue weighted by Gasteiger charge is -2.55. The average Bonchev–Trinajstić information content (AvgIpc) is 2.82. The SMILES string of the molecule is Cc1ccc(C(C)NC2C3CCOC3C2(C)C)c(C)c1. The Morgan fingerprint density at radius 3 is 2.75 bits per heavy atom. The van der Waals surface area contributed by atoms with Crippen LogP contribution in [0.5, 0.6) is 0 Å². The maximum Gasteiger partial charge on any atom is 0.0685 e. The Hall–Kier alpha value is -0.860. The van der Waals surface area contributed by atoms with Gasteiger partial charge in [0.15, 0.2) is 0 Å². The molecule has 2 nitrogen and oxygen atoms in total. The van der Waals surface area contributed by atoms with Crippen LogP contribution in [0.25, 0.3) is 0 Å². The number of aryl methyl sites for hydroxylation is 2. The minimum absolute atomic E-state index is 0.258. The maximum atomic E-state index is 5.88. The van der Waals surface area contributed by atoms with Crippen LogP contribution in [-0.4, -0.2) is 18.8 Å². The van der Waals surface area contributed by atoms with Crippen LogP contribution in [0.2, 0.25) is 0 Å². The fourth-order valence-corrected chi connectivity index (χ4v) is 4.33. The molecule has 1 aromatic carbocycles. The fourth-order valence-electron chi connectivity index (χ4n) is 4.33. The summed E-state index contributed by atoms with van der Waals surface area (Å²) in [6, 6.07) is 7.75. The molecule has 0 aromatic heterocycles. The van der Waals surface area contributed by atoms with Gasteiger partial charge in [-0.1, -0.05) is 37.6 Å². The van der Waals surface area contributed by atoms with Crippen molar-refractivity contribution in [2.24, 2.45) is 11.3 Å². The van der Waals surface area contributed by atoms with E-state index in [-0.39, 0.29) is 5.41 Å². The van der Waals surface area contributed by atoms with E-state index in [2.05, 4.69) is 58.1 Å². The zero-order valence-corrected chi connectivity index (χ0v) is 13.4. The molecular formula is C18H27NO. The Bertz CT molecular complexity index is 508. The van der Waals surface area contributed by atoms with Crippen LogP contribution in [0.1, 0.15) is 49.9 Å². The van der Waals surface area contributed by atoms with Gasteiger partial charge in [0.25, 0.3) is 0 Å². The van der Waals surface area contributed by atoms with Gasteiger partial charge in [0.05, 0.1) is 6.10 Å². The van der Waals surface area contributed by atoms with Crippen molar-refractivity contribution in [1.82, 2.24) is 5.32 Å². The van der Waals surface area contributed by atoms with Gasteiger partial charge in [-0.15, -0.1) is 0 Å². The van der Waals surface area contributed by atoms with Crippen LogP contribution in [-0.2, 0) is 4.74 Å². The van der Waals surface area contributed by atoms with E-state index in [1.165, 1.54) is 23.1 Å². The highest BCUT2D eigenvalue weighted by atomic mass is 16.5. The topological polar surface area (TPSA) is 21.3 Å². The molecule has 2 fully saturated rings. The van der Waals surface area contributed by atoms with E-state index < -0.39 is 0 Å². The quantitative estimate of drug-likeness (QED) is 0.905. The third-order valence-corrected chi connectivity index (χ3v) is 5.42. The fraction of sp³-hybridized carbons (Fsp3) is 0.667. The molecule has 1 aliphatic carbocycles. The van der Waals surface area contributed by atoms with Gasteiger partial charge in [0.1, 0.15) is 0 Å². The highest BCUT2D eigenvalue weighted by Gasteiger charge is 2.59. The summed E-state index contributed by atoms with van der Waals surface area (Å²) < 4.78 is 5.88. The molecule has 1 saturated carbocycles. The highest BCUT2D eigenvalue weighted by molar-refractivity contribution is 5.33. The molecule has 2 aliphatic rings. The lowest BCUT2D eigenvalue weighted by Crippen LogP contribution is -2.66. The van der Waals surface area contributed by atoms with Crippen molar-refractivity contribution in [3.8, 4) is 0 Å². The Labute approximate surface area is 122 Å². The largest absolute Gasteiger partial charge is 0.377 e. The molecule has 3 rings (SSSR count). The first-order valence-corrected chi connectivity index (χ1v) is 7.86. The zero-order valence-electron chi connectivity index (χ0n) is 13.4. The standard InChI is InChI=1S/C18H27NO/c1-11-6-7-14(12(2)10-11)13(3)19-16-15-8-9-20-17(15)18(16,4)5/h6-7,10,13,15-17,19H,8-9H2,1-5H3. The predicted octanol–water partition coefficient (Wildman–Crippen LogP) is 3.77. The summed E-state index contributed by atoms with van der Waals surface area (Å²) in [5.74, 6) is 0.707. The third kappa shape index (κ3) is 2.10. The molecule has 0 amide bonds. The van der Waals surface area contributed by atoms with Gasteiger partial charge in [-0.2, -0.15) is 0 Å². The molecule has 1 heterocycles. The highest BCUT2D eigenvalue weighted by Crippen LogP contribution is 2.52. The monoisotopic (exact) mass is 273 g/mol. The van der Waals surface area contributed by atoms with Crippen LogP contribution in [0.4, 0.5) is 0 Å². The van der Waals surface area contributed by atoms with Gasteiger partial charge < -0.3 is 10.1 Å². The number of benzene rings is 1. The van der Waals surface area contributed by atoms with Gasteiger partial charge in [0.2, 0.25) is 0 Å². The second-order valence-corrected chi connectivity index (χ2v) is 7.29. The smallest absolute Gasteiger partial charge is 0.0685 e.